The summed E-state index contributed by atoms with van der Waals surface area (Å²) in [6.45, 7) is 14.8. The highest BCUT2D eigenvalue weighted by molar-refractivity contribution is 5.80. The van der Waals surface area contributed by atoms with E-state index < -0.39 is 29.1 Å². The summed E-state index contributed by atoms with van der Waals surface area (Å²) in [4.78, 5) is 24.5. The highest BCUT2D eigenvalue weighted by Crippen LogP contribution is 2.28. The summed E-state index contributed by atoms with van der Waals surface area (Å²) in [5.41, 5.74) is -1.43. The van der Waals surface area contributed by atoms with Gasteiger partial charge in [-0.3, -0.25) is 9.59 Å². The number of ether oxygens (including phenoxy) is 3. The van der Waals surface area contributed by atoms with Crippen LogP contribution in [0, 0.1) is 11.8 Å². The lowest BCUT2D eigenvalue weighted by Gasteiger charge is -2.37. The van der Waals surface area contributed by atoms with Crippen molar-refractivity contribution in [2.45, 2.75) is 79.1 Å². The topological polar surface area (TPSA) is 61.8 Å². The van der Waals surface area contributed by atoms with Crippen LogP contribution in [0.5, 0.6) is 5.75 Å². The zero-order chi connectivity index (χ0) is 20.8. The maximum Gasteiger partial charge on any atom is 0.309 e. The van der Waals surface area contributed by atoms with Gasteiger partial charge < -0.3 is 14.2 Å². The van der Waals surface area contributed by atoms with E-state index in [1.54, 1.807) is 27.7 Å². The monoisotopic (exact) mass is 378 g/mol. The summed E-state index contributed by atoms with van der Waals surface area (Å²) in [6.07, 6.45) is -0.351. The smallest absolute Gasteiger partial charge is 0.309 e. The number of hydrogen-bond acceptors (Lipinski definition) is 5. The van der Waals surface area contributed by atoms with E-state index >= 15 is 0 Å². The molecule has 152 valence electrons. The summed E-state index contributed by atoms with van der Waals surface area (Å²) < 4.78 is 17.1. The second-order valence-corrected chi connectivity index (χ2v) is 8.81. The first kappa shape index (κ1) is 23.0. The standard InChI is InChI=1S/C22H34O5/c1-15(2)19(25-17-12-10-9-11-13-17)22(7,8)27-20(24)16(3)14-18(23)26-21(4,5)6/h9-13,15-16,19H,14H2,1-8H3/t16-,19-/m1/s1. The number of para-hydroxylation sites is 1. The van der Waals surface area contributed by atoms with Crippen LogP contribution in [0.2, 0.25) is 0 Å². The molecule has 5 heteroatoms. The molecule has 0 radical (unpaired) electrons. The minimum atomic E-state index is -0.858. The lowest BCUT2D eigenvalue weighted by Crippen LogP contribution is -2.48. The van der Waals surface area contributed by atoms with E-state index in [9.17, 15) is 9.59 Å². The molecule has 0 spiro atoms. The lowest BCUT2D eigenvalue weighted by atomic mass is 9.91. The molecule has 0 heterocycles. The number of esters is 2. The number of rotatable bonds is 8. The molecule has 1 aromatic rings. The van der Waals surface area contributed by atoms with Gasteiger partial charge in [-0.2, -0.15) is 0 Å². The van der Waals surface area contributed by atoms with Crippen LogP contribution in [0.25, 0.3) is 0 Å². The molecule has 0 aromatic heterocycles. The van der Waals surface area contributed by atoms with E-state index in [1.807, 2.05) is 58.0 Å². The van der Waals surface area contributed by atoms with Crippen LogP contribution in [0.1, 0.15) is 61.8 Å². The largest absolute Gasteiger partial charge is 0.486 e. The fourth-order valence-corrected chi connectivity index (χ4v) is 2.86. The van der Waals surface area contributed by atoms with Crippen molar-refractivity contribution in [2.75, 3.05) is 0 Å². The molecule has 0 saturated carbocycles. The molecule has 0 unspecified atom stereocenters. The van der Waals surface area contributed by atoms with Crippen molar-refractivity contribution in [1.82, 2.24) is 0 Å². The molecule has 5 nitrogen and oxygen atoms in total. The first-order valence-electron chi connectivity index (χ1n) is 9.48. The van der Waals surface area contributed by atoms with Crippen molar-refractivity contribution in [2.24, 2.45) is 11.8 Å². The lowest BCUT2D eigenvalue weighted by molar-refractivity contribution is -0.176. The Morgan fingerprint density at radius 2 is 1.48 bits per heavy atom. The van der Waals surface area contributed by atoms with Gasteiger partial charge in [0.25, 0.3) is 0 Å². The first-order valence-corrected chi connectivity index (χ1v) is 9.48. The van der Waals surface area contributed by atoms with Crippen molar-refractivity contribution in [3.8, 4) is 5.75 Å². The summed E-state index contributed by atoms with van der Waals surface area (Å²) in [6, 6.07) is 9.46. The molecule has 0 aliphatic rings. The van der Waals surface area contributed by atoms with Crippen molar-refractivity contribution < 1.29 is 23.8 Å². The van der Waals surface area contributed by atoms with E-state index in [-0.39, 0.29) is 18.4 Å². The van der Waals surface area contributed by atoms with Gasteiger partial charge in [-0.05, 0) is 52.7 Å². The normalized spacial score (nSPS) is 14.4. The van der Waals surface area contributed by atoms with Crippen LogP contribution >= 0.6 is 0 Å². The van der Waals surface area contributed by atoms with Crippen molar-refractivity contribution >= 4 is 11.9 Å². The Hall–Kier alpha value is -2.04. The molecule has 0 saturated heterocycles. The van der Waals surface area contributed by atoms with Gasteiger partial charge in [0.15, 0.2) is 0 Å². The predicted molar refractivity (Wildman–Crippen MR) is 105 cm³/mol. The molecule has 0 aliphatic carbocycles. The molecule has 0 N–H and O–H groups in total. The maximum atomic E-state index is 12.6. The highest BCUT2D eigenvalue weighted by Gasteiger charge is 2.39. The summed E-state index contributed by atoms with van der Waals surface area (Å²) in [7, 11) is 0. The van der Waals surface area contributed by atoms with Crippen LogP contribution in [0.4, 0.5) is 0 Å². The zero-order valence-electron chi connectivity index (χ0n) is 17.9. The molecular formula is C22H34O5. The fourth-order valence-electron chi connectivity index (χ4n) is 2.86. The van der Waals surface area contributed by atoms with Gasteiger partial charge in [0.2, 0.25) is 0 Å². The Morgan fingerprint density at radius 1 is 0.926 bits per heavy atom. The molecular weight excluding hydrogens is 344 g/mol. The van der Waals surface area contributed by atoms with Gasteiger partial charge in [-0.25, -0.2) is 0 Å². The van der Waals surface area contributed by atoms with Crippen LogP contribution < -0.4 is 4.74 Å². The van der Waals surface area contributed by atoms with E-state index in [4.69, 9.17) is 14.2 Å². The van der Waals surface area contributed by atoms with Crippen molar-refractivity contribution in [3.05, 3.63) is 30.3 Å². The Kier molecular flexibility index (Phi) is 7.88. The van der Waals surface area contributed by atoms with Gasteiger partial charge in [-0.1, -0.05) is 39.0 Å². The van der Waals surface area contributed by atoms with Gasteiger partial charge >= 0.3 is 11.9 Å². The first-order chi connectivity index (χ1) is 12.3. The van der Waals surface area contributed by atoms with Gasteiger partial charge in [0, 0.05) is 0 Å². The molecule has 0 aliphatic heterocycles. The summed E-state index contributed by atoms with van der Waals surface area (Å²) in [5, 5.41) is 0. The quantitative estimate of drug-likeness (QED) is 0.609. The van der Waals surface area contributed by atoms with E-state index in [1.165, 1.54) is 0 Å². The van der Waals surface area contributed by atoms with Crippen LogP contribution in [0.15, 0.2) is 30.3 Å². The Bertz CT molecular complexity index is 613. The number of hydrogen-bond donors (Lipinski definition) is 0. The summed E-state index contributed by atoms with van der Waals surface area (Å²) in [5.74, 6) is -0.598. The number of carbonyl (C=O) groups is 2. The average Bonchev–Trinajstić information content (AvgIpc) is 2.50. The molecule has 0 bridgehead atoms. The minimum absolute atomic E-state index is 0.0158. The van der Waals surface area contributed by atoms with Gasteiger partial charge in [-0.15, -0.1) is 0 Å². The van der Waals surface area contributed by atoms with Crippen molar-refractivity contribution in [1.29, 1.82) is 0 Å². The molecule has 0 fully saturated rings. The maximum absolute atomic E-state index is 12.6. The number of benzene rings is 1. The Balaban J connectivity index is 2.76. The predicted octanol–water partition coefficient (Wildman–Crippen LogP) is 4.78. The zero-order valence-corrected chi connectivity index (χ0v) is 17.9. The fraction of sp³-hybridized carbons (Fsp3) is 0.636. The molecule has 1 aromatic carbocycles. The third kappa shape index (κ3) is 8.02. The van der Waals surface area contributed by atoms with E-state index in [2.05, 4.69) is 0 Å². The van der Waals surface area contributed by atoms with E-state index in [0.717, 1.165) is 5.75 Å². The van der Waals surface area contributed by atoms with Crippen LogP contribution in [0.3, 0.4) is 0 Å². The third-order valence-corrected chi connectivity index (χ3v) is 3.96. The van der Waals surface area contributed by atoms with Gasteiger partial charge in [0.1, 0.15) is 23.1 Å². The highest BCUT2D eigenvalue weighted by atomic mass is 16.6. The van der Waals surface area contributed by atoms with E-state index in [0.29, 0.717) is 0 Å². The molecule has 0 amide bonds. The second-order valence-electron chi connectivity index (χ2n) is 8.81. The Morgan fingerprint density at radius 3 is 1.96 bits per heavy atom. The second kappa shape index (κ2) is 9.25. The minimum Gasteiger partial charge on any atom is -0.486 e. The van der Waals surface area contributed by atoms with Crippen LogP contribution in [-0.4, -0.2) is 29.2 Å². The molecule has 1 rings (SSSR count). The summed E-state index contributed by atoms with van der Waals surface area (Å²) >= 11 is 0. The average molecular weight is 379 g/mol. The Labute approximate surface area is 163 Å². The third-order valence-electron chi connectivity index (χ3n) is 3.96. The van der Waals surface area contributed by atoms with Gasteiger partial charge in [0.05, 0.1) is 12.3 Å². The SMILES string of the molecule is CC(C)[C@@H](Oc1ccccc1)C(C)(C)OC(=O)[C@H](C)CC(=O)OC(C)(C)C. The molecule has 2 atom stereocenters. The number of carbonyl (C=O) groups excluding carboxylic acids is 2. The molecule has 27 heavy (non-hydrogen) atoms. The van der Waals surface area contributed by atoms with Crippen molar-refractivity contribution in [3.63, 3.8) is 0 Å². The van der Waals surface area contributed by atoms with Crippen LogP contribution in [-0.2, 0) is 19.1 Å².